The fourth-order valence-corrected chi connectivity index (χ4v) is 3.72. The minimum atomic E-state index is -0.456. The molecule has 0 amide bonds. The highest BCUT2D eigenvalue weighted by Gasteiger charge is 2.12. The fourth-order valence-electron chi connectivity index (χ4n) is 0.961. The van der Waals surface area contributed by atoms with Gasteiger partial charge >= 0.3 is 0 Å². The summed E-state index contributed by atoms with van der Waals surface area (Å²) >= 11 is 3.77. The van der Waals surface area contributed by atoms with Gasteiger partial charge in [0.1, 0.15) is 5.83 Å². The molecule has 0 bridgehead atoms. The first-order chi connectivity index (χ1) is 5.83. The van der Waals surface area contributed by atoms with Crippen LogP contribution in [0.4, 0.5) is 4.39 Å². The van der Waals surface area contributed by atoms with E-state index >= 15 is 0 Å². The van der Waals surface area contributed by atoms with Crippen LogP contribution in [0.2, 0.25) is 0 Å². The zero-order valence-corrected chi connectivity index (χ0v) is 8.46. The SMILES string of the molecule is OCC(F)=CCC1SCCCS1. The van der Waals surface area contributed by atoms with E-state index in [-0.39, 0.29) is 0 Å². The van der Waals surface area contributed by atoms with Crippen molar-refractivity contribution in [3.05, 3.63) is 11.9 Å². The molecule has 1 aliphatic rings. The normalized spacial score (nSPS) is 21.3. The van der Waals surface area contributed by atoms with E-state index in [1.165, 1.54) is 24.0 Å². The Morgan fingerprint density at radius 2 is 2.17 bits per heavy atom. The summed E-state index contributed by atoms with van der Waals surface area (Å²) in [6, 6.07) is 0. The van der Waals surface area contributed by atoms with Crippen molar-refractivity contribution < 1.29 is 9.50 Å². The van der Waals surface area contributed by atoms with Gasteiger partial charge in [-0.05, 0) is 30.4 Å². The van der Waals surface area contributed by atoms with Crippen molar-refractivity contribution in [1.29, 1.82) is 0 Å². The van der Waals surface area contributed by atoms with Crippen molar-refractivity contribution in [2.75, 3.05) is 18.1 Å². The second-order valence-corrected chi connectivity index (χ2v) is 5.49. The molecule has 1 nitrogen and oxygen atoms in total. The maximum absolute atomic E-state index is 12.5. The molecule has 0 aromatic carbocycles. The minimum absolute atomic E-state index is 0.401. The molecule has 1 rings (SSSR count). The molecule has 0 unspecified atom stereocenters. The van der Waals surface area contributed by atoms with Gasteiger partial charge in [0, 0.05) is 0 Å². The summed E-state index contributed by atoms with van der Waals surface area (Å²) < 4.78 is 13.0. The lowest BCUT2D eigenvalue weighted by Crippen LogP contribution is -2.05. The largest absolute Gasteiger partial charge is 0.389 e. The van der Waals surface area contributed by atoms with Crippen LogP contribution in [0, 0.1) is 0 Å². The highest BCUT2D eigenvalue weighted by Crippen LogP contribution is 2.33. The summed E-state index contributed by atoms with van der Waals surface area (Å²) in [7, 11) is 0. The Labute approximate surface area is 80.8 Å². The molecule has 0 spiro atoms. The van der Waals surface area contributed by atoms with Gasteiger partial charge in [-0.25, -0.2) is 4.39 Å². The van der Waals surface area contributed by atoms with Gasteiger partial charge in [-0.3, -0.25) is 0 Å². The predicted molar refractivity (Wildman–Crippen MR) is 54.2 cm³/mol. The molecule has 70 valence electrons. The number of hydrogen-bond acceptors (Lipinski definition) is 3. The standard InChI is InChI=1S/C8H13FOS2/c9-7(6-10)2-3-8-11-4-1-5-12-8/h2,8,10H,1,3-6H2. The summed E-state index contributed by atoms with van der Waals surface area (Å²) in [5, 5.41) is 8.41. The topological polar surface area (TPSA) is 20.2 Å². The summed E-state index contributed by atoms with van der Waals surface area (Å²) in [5.74, 6) is 1.97. The van der Waals surface area contributed by atoms with Crippen molar-refractivity contribution in [3.63, 3.8) is 0 Å². The van der Waals surface area contributed by atoms with Crippen LogP contribution in [0.1, 0.15) is 12.8 Å². The van der Waals surface area contributed by atoms with E-state index in [4.69, 9.17) is 5.11 Å². The molecule has 4 heteroatoms. The van der Waals surface area contributed by atoms with Crippen LogP contribution in [0.25, 0.3) is 0 Å². The molecular formula is C8H13FOS2. The van der Waals surface area contributed by atoms with Gasteiger partial charge in [-0.2, -0.15) is 0 Å². The maximum Gasteiger partial charge on any atom is 0.121 e. The molecule has 1 heterocycles. The summed E-state index contributed by atoms with van der Waals surface area (Å²) in [6.45, 7) is -0.456. The van der Waals surface area contributed by atoms with Crippen LogP contribution in [-0.2, 0) is 0 Å². The third kappa shape index (κ3) is 3.83. The van der Waals surface area contributed by atoms with E-state index in [1.807, 2.05) is 23.5 Å². The Morgan fingerprint density at radius 3 is 2.75 bits per heavy atom. The Balaban J connectivity index is 2.21. The van der Waals surface area contributed by atoms with Crippen LogP contribution < -0.4 is 0 Å². The molecule has 1 aliphatic heterocycles. The molecule has 0 aromatic rings. The zero-order chi connectivity index (χ0) is 8.81. The number of rotatable bonds is 3. The van der Waals surface area contributed by atoms with E-state index in [0.29, 0.717) is 4.58 Å². The fraction of sp³-hybridized carbons (Fsp3) is 0.750. The number of hydrogen-bond donors (Lipinski definition) is 1. The van der Waals surface area contributed by atoms with Gasteiger partial charge in [0.05, 0.1) is 11.2 Å². The number of thioether (sulfide) groups is 2. The Hall–Kier alpha value is 0.330. The number of aliphatic hydroxyl groups excluding tert-OH is 1. The molecule has 12 heavy (non-hydrogen) atoms. The molecule has 0 saturated carbocycles. The lowest BCUT2D eigenvalue weighted by molar-refractivity contribution is 0.297. The zero-order valence-electron chi connectivity index (χ0n) is 6.83. The smallest absolute Gasteiger partial charge is 0.121 e. The molecule has 0 aliphatic carbocycles. The van der Waals surface area contributed by atoms with Gasteiger partial charge in [0.25, 0.3) is 0 Å². The average molecular weight is 208 g/mol. The Morgan fingerprint density at radius 1 is 1.50 bits per heavy atom. The van der Waals surface area contributed by atoms with Gasteiger partial charge in [0.15, 0.2) is 0 Å². The van der Waals surface area contributed by atoms with E-state index in [1.54, 1.807) is 0 Å². The van der Waals surface area contributed by atoms with Crippen LogP contribution in [-0.4, -0.2) is 27.8 Å². The maximum atomic E-state index is 12.5. The van der Waals surface area contributed by atoms with Crippen LogP contribution in [0.15, 0.2) is 11.9 Å². The summed E-state index contributed by atoms with van der Waals surface area (Å²) in [4.78, 5) is 0. The van der Waals surface area contributed by atoms with E-state index in [0.717, 1.165) is 6.42 Å². The number of halogens is 1. The molecule has 0 atom stereocenters. The third-order valence-electron chi connectivity index (χ3n) is 1.58. The molecule has 1 N–H and O–H groups in total. The lowest BCUT2D eigenvalue weighted by atomic mass is 10.4. The lowest BCUT2D eigenvalue weighted by Gasteiger charge is -2.18. The Bertz CT molecular complexity index is 155. The summed E-state index contributed by atoms with van der Waals surface area (Å²) in [6.07, 6.45) is 3.50. The van der Waals surface area contributed by atoms with Gasteiger partial charge in [0.2, 0.25) is 0 Å². The predicted octanol–water partition coefficient (Wildman–Crippen LogP) is 2.42. The first kappa shape index (κ1) is 10.4. The van der Waals surface area contributed by atoms with Crippen molar-refractivity contribution in [1.82, 2.24) is 0 Å². The quantitative estimate of drug-likeness (QED) is 0.769. The van der Waals surface area contributed by atoms with Crippen LogP contribution >= 0.6 is 23.5 Å². The number of aliphatic hydroxyl groups is 1. The van der Waals surface area contributed by atoms with Crippen LogP contribution in [0.3, 0.4) is 0 Å². The first-order valence-corrected chi connectivity index (χ1v) is 6.11. The van der Waals surface area contributed by atoms with Gasteiger partial charge in [-0.1, -0.05) is 0 Å². The second kappa shape index (κ2) is 5.89. The van der Waals surface area contributed by atoms with E-state index in [2.05, 4.69) is 0 Å². The van der Waals surface area contributed by atoms with Gasteiger partial charge < -0.3 is 5.11 Å². The molecular weight excluding hydrogens is 195 g/mol. The van der Waals surface area contributed by atoms with E-state index in [9.17, 15) is 4.39 Å². The first-order valence-electron chi connectivity index (χ1n) is 4.01. The van der Waals surface area contributed by atoms with E-state index < -0.39 is 12.4 Å². The highest BCUT2D eigenvalue weighted by atomic mass is 32.2. The summed E-state index contributed by atoms with van der Waals surface area (Å²) in [5.41, 5.74) is 0. The molecule has 1 fully saturated rings. The minimum Gasteiger partial charge on any atom is -0.389 e. The average Bonchev–Trinajstić information content (AvgIpc) is 2.16. The van der Waals surface area contributed by atoms with Crippen molar-refractivity contribution in [2.45, 2.75) is 17.4 Å². The second-order valence-electron chi connectivity index (χ2n) is 2.57. The van der Waals surface area contributed by atoms with Crippen molar-refractivity contribution in [2.24, 2.45) is 0 Å². The monoisotopic (exact) mass is 208 g/mol. The third-order valence-corrected chi connectivity index (χ3v) is 4.57. The van der Waals surface area contributed by atoms with Crippen molar-refractivity contribution in [3.8, 4) is 0 Å². The Kier molecular flexibility index (Phi) is 5.11. The molecule has 1 saturated heterocycles. The van der Waals surface area contributed by atoms with Crippen molar-refractivity contribution >= 4 is 23.5 Å². The number of allylic oxidation sites excluding steroid dienone is 1. The highest BCUT2D eigenvalue weighted by molar-refractivity contribution is 8.17. The van der Waals surface area contributed by atoms with Gasteiger partial charge in [-0.15, -0.1) is 23.5 Å². The molecule has 0 aromatic heterocycles. The van der Waals surface area contributed by atoms with Crippen LogP contribution in [0.5, 0.6) is 0 Å². The molecule has 0 radical (unpaired) electrons.